The highest BCUT2D eigenvalue weighted by Gasteiger charge is 2.27. The summed E-state index contributed by atoms with van der Waals surface area (Å²) in [4.78, 5) is 10.7. The third-order valence-corrected chi connectivity index (χ3v) is 13.3. The Morgan fingerprint density at radius 3 is 1.12 bits per heavy atom. The van der Waals surface area contributed by atoms with Crippen molar-refractivity contribution in [3.05, 3.63) is 223 Å². The van der Waals surface area contributed by atoms with Gasteiger partial charge in [0.15, 0.2) is 5.82 Å². The van der Waals surface area contributed by atoms with Crippen molar-refractivity contribution in [1.82, 2.24) is 23.7 Å². The molecule has 4 aromatic heterocycles. The van der Waals surface area contributed by atoms with Gasteiger partial charge in [0.05, 0.1) is 61.6 Å². The molecule has 0 N–H and O–H groups in total. The number of hydrogen-bond donors (Lipinski definition) is 0. The molecule has 0 saturated carbocycles. The maximum Gasteiger partial charge on any atom is 0.160 e. The molecule has 0 bridgehead atoms. The summed E-state index contributed by atoms with van der Waals surface area (Å²) in [6.45, 7) is 4.50. The molecule has 0 saturated heterocycles. The second-order valence-electron chi connectivity index (χ2n) is 17.1. The smallest absolute Gasteiger partial charge is 0.160 e. The van der Waals surface area contributed by atoms with Gasteiger partial charge < -0.3 is 13.7 Å². The van der Waals surface area contributed by atoms with Crippen LogP contribution in [0, 0.1) is 13.8 Å². The van der Waals surface area contributed by atoms with E-state index in [2.05, 4.69) is 234 Å². The molecule has 0 aliphatic rings. The molecular formula is C60H41N5. The van der Waals surface area contributed by atoms with Gasteiger partial charge in [0.1, 0.15) is 0 Å². The van der Waals surface area contributed by atoms with Crippen LogP contribution in [0.1, 0.15) is 11.1 Å². The maximum absolute atomic E-state index is 5.48. The van der Waals surface area contributed by atoms with Crippen LogP contribution >= 0.6 is 0 Å². The number of hydrogen-bond acceptors (Lipinski definition) is 2. The summed E-state index contributed by atoms with van der Waals surface area (Å²) in [6, 6.07) is 76.5. The minimum atomic E-state index is 0.677. The average Bonchev–Trinajstić information content (AvgIpc) is 4.01. The van der Waals surface area contributed by atoms with Crippen LogP contribution in [0.2, 0.25) is 0 Å². The largest absolute Gasteiger partial charge is 0.307 e. The van der Waals surface area contributed by atoms with Gasteiger partial charge in [-0.2, -0.15) is 0 Å². The molecule has 306 valence electrons. The molecule has 5 heteroatoms. The van der Waals surface area contributed by atoms with E-state index in [1.807, 2.05) is 6.07 Å². The first-order valence-electron chi connectivity index (χ1n) is 22.3. The number of rotatable bonds is 6. The van der Waals surface area contributed by atoms with Crippen molar-refractivity contribution in [1.29, 1.82) is 0 Å². The van der Waals surface area contributed by atoms with Crippen molar-refractivity contribution in [2.75, 3.05) is 0 Å². The Hall–Kier alpha value is -8.54. The van der Waals surface area contributed by atoms with Gasteiger partial charge in [-0.1, -0.05) is 170 Å². The predicted molar refractivity (Wildman–Crippen MR) is 271 cm³/mol. The van der Waals surface area contributed by atoms with E-state index in [9.17, 15) is 0 Å². The molecule has 13 aromatic rings. The monoisotopic (exact) mass is 831 g/mol. The highest BCUT2D eigenvalue weighted by atomic mass is 15.1. The zero-order valence-corrected chi connectivity index (χ0v) is 35.9. The summed E-state index contributed by atoms with van der Waals surface area (Å²) in [6.07, 6.45) is 0. The van der Waals surface area contributed by atoms with Gasteiger partial charge in [0, 0.05) is 49.0 Å². The van der Waals surface area contributed by atoms with Crippen LogP contribution in [0.5, 0.6) is 0 Å². The van der Waals surface area contributed by atoms with Crippen LogP contribution in [-0.4, -0.2) is 23.7 Å². The Morgan fingerprint density at radius 2 is 0.677 bits per heavy atom. The van der Waals surface area contributed by atoms with Gasteiger partial charge in [-0.25, -0.2) is 9.97 Å². The SMILES string of the molecule is Cc1cccc2c3cccc(C)c3n(-c3c(-n4c5ccccc5c5ccccc54)cc(-c4cc(-c5ccccc5)nc(-c5ccccc5)n4)cc3-n3c4ccccc4c4ccccc43)c12. The highest BCUT2D eigenvalue weighted by molar-refractivity contribution is 6.14. The fourth-order valence-electron chi connectivity index (χ4n) is 10.4. The first kappa shape index (κ1) is 37.1. The maximum atomic E-state index is 5.48. The Labute approximate surface area is 375 Å². The Kier molecular flexibility index (Phi) is 8.27. The molecular weight excluding hydrogens is 791 g/mol. The summed E-state index contributed by atoms with van der Waals surface area (Å²) in [5.41, 5.74) is 17.2. The van der Waals surface area contributed by atoms with E-state index in [0.29, 0.717) is 5.82 Å². The molecule has 0 aliphatic carbocycles. The lowest BCUT2D eigenvalue weighted by molar-refractivity contribution is 1.04. The van der Waals surface area contributed by atoms with E-state index < -0.39 is 0 Å². The number of nitrogens with zero attached hydrogens (tertiary/aromatic N) is 5. The van der Waals surface area contributed by atoms with Crippen molar-refractivity contribution >= 4 is 65.4 Å². The molecule has 0 amide bonds. The van der Waals surface area contributed by atoms with Crippen LogP contribution in [0.4, 0.5) is 0 Å². The minimum absolute atomic E-state index is 0.677. The summed E-state index contributed by atoms with van der Waals surface area (Å²) in [5.74, 6) is 0.677. The van der Waals surface area contributed by atoms with Gasteiger partial charge in [-0.05, 0) is 67.4 Å². The minimum Gasteiger partial charge on any atom is -0.307 e. The molecule has 0 spiro atoms. The van der Waals surface area contributed by atoms with Crippen molar-refractivity contribution in [3.8, 4) is 51.0 Å². The Balaban J connectivity index is 1.28. The van der Waals surface area contributed by atoms with Crippen molar-refractivity contribution < 1.29 is 0 Å². The molecule has 9 aromatic carbocycles. The van der Waals surface area contributed by atoms with Crippen LogP contribution in [-0.2, 0) is 0 Å². The van der Waals surface area contributed by atoms with Gasteiger partial charge in [-0.15, -0.1) is 0 Å². The molecule has 13 rings (SSSR count). The number of benzene rings is 9. The Bertz CT molecular complexity index is 3660. The highest BCUT2D eigenvalue weighted by Crippen LogP contribution is 2.46. The molecule has 0 fully saturated rings. The lowest BCUT2D eigenvalue weighted by atomic mass is 10.0. The van der Waals surface area contributed by atoms with Gasteiger partial charge in [0.25, 0.3) is 0 Å². The summed E-state index contributed by atoms with van der Waals surface area (Å²) < 4.78 is 7.56. The quantitative estimate of drug-likeness (QED) is 0.167. The van der Waals surface area contributed by atoms with Crippen molar-refractivity contribution in [3.63, 3.8) is 0 Å². The molecule has 4 heterocycles. The van der Waals surface area contributed by atoms with Crippen LogP contribution < -0.4 is 0 Å². The van der Waals surface area contributed by atoms with Crippen molar-refractivity contribution in [2.45, 2.75) is 13.8 Å². The number of para-hydroxylation sites is 6. The van der Waals surface area contributed by atoms with E-state index >= 15 is 0 Å². The molecule has 0 atom stereocenters. The fraction of sp³-hybridized carbons (Fsp3) is 0.0333. The lowest BCUT2D eigenvalue weighted by Gasteiger charge is -2.24. The number of aryl methyl sites for hydroxylation is 2. The third kappa shape index (κ3) is 5.65. The molecule has 65 heavy (non-hydrogen) atoms. The van der Waals surface area contributed by atoms with E-state index in [-0.39, 0.29) is 0 Å². The first-order chi connectivity index (χ1) is 32.1. The summed E-state index contributed by atoms with van der Waals surface area (Å²) in [7, 11) is 0. The number of aromatic nitrogens is 5. The topological polar surface area (TPSA) is 40.6 Å². The molecule has 5 nitrogen and oxygen atoms in total. The fourth-order valence-corrected chi connectivity index (χ4v) is 10.4. The second kappa shape index (κ2) is 14.5. The van der Waals surface area contributed by atoms with Crippen LogP contribution in [0.3, 0.4) is 0 Å². The predicted octanol–water partition coefficient (Wildman–Crippen LogP) is 15.4. The van der Waals surface area contributed by atoms with E-state index in [1.54, 1.807) is 0 Å². The standard InChI is InChI=1S/C60H41N5/c1-38-19-17-29-47-48-30-18-20-39(2)58(48)65(57(38)47)59-55(63-51-31-13-9-25-43(51)44-26-10-14-32-52(44)63)35-42(36-56(59)64-53-33-15-11-27-45(53)46-28-12-16-34-54(46)64)50-37-49(40-21-5-3-6-22-40)61-60(62-50)41-23-7-4-8-24-41/h3-37H,1-2H3. The summed E-state index contributed by atoms with van der Waals surface area (Å²) in [5, 5.41) is 7.26. The third-order valence-electron chi connectivity index (χ3n) is 13.3. The van der Waals surface area contributed by atoms with E-state index in [4.69, 9.17) is 9.97 Å². The van der Waals surface area contributed by atoms with Gasteiger partial charge in [0.2, 0.25) is 0 Å². The Morgan fingerprint density at radius 1 is 0.308 bits per heavy atom. The average molecular weight is 832 g/mol. The second-order valence-corrected chi connectivity index (χ2v) is 17.1. The molecule has 0 aliphatic heterocycles. The summed E-state index contributed by atoms with van der Waals surface area (Å²) >= 11 is 0. The number of fused-ring (bicyclic) bond motifs is 9. The lowest BCUT2D eigenvalue weighted by Crippen LogP contribution is -2.11. The van der Waals surface area contributed by atoms with E-state index in [1.165, 1.54) is 54.5 Å². The van der Waals surface area contributed by atoms with Gasteiger partial charge in [-0.3, -0.25) is 0 Å². The zero-order chi connectivity index (χ0) is 43.2. The van der Waals surface area contributed by atoms with Crippen LogP contribution in [0.25, 0.3) is 116 Å². The van der Waals surface area contributed by atoms with Gasteiger partial charge >= 0.3 is 0 Å². The van der Waals surface area contributed by atoms with Crippen LogP contribution in [0.15, 0.2) is 212 Å². The zero-order valence-electron chi connectivity index (χ0n) is 35.9. The normalized spacial score (nSPS) is 11.8. The van der Waals surface area contributed by atoms with Crippen molar-refractivity contribution in [2.24, 2.45) is 0 Å². The first-order valence-corrected chi connectivity index (χ1v) is 22.3. The molecule has 0 unspecified atom stereocenters. The van der Waals surface area contributed by atoms with E-state index in [0.717, 1.165) is 67.2 Å². The molecule has 0 radical (unpaired) electrons.